The van der Waals surface area contributed by atoms with Gasteiger partial charge < -0.3 is 14.8 Å². The zero-order chi connectivity index (χ0) is 17.4. The van der Waals surface area contributed by atoms with Gasteiger partial charge in [-0.3, -0.25) is 4.79 Å². The largest absolute Gasteiger partial charge is 0.484 e. The SMILES string of the molecule is CC(C)OCc1ccccc1CNC(=O)COc1ccc(Cl)cc1. The van der Waals surface area contributed by atoms with Gasteiger partial charge in [-0.1, -0.05) is 35.9 Å². The van der Waals surface area contributed by atoms with Gasteiger partial charge in [-0.25, -0.2) is 0 Å². The van der Waals surface area contributed by atoms with Crippen molar-refractivity contribution in [3.05, 3.63) is 64.7 Å². The minimum Gasteiger partial charge on any atom is -0.484 e. The third kappa shape index (κ3) is 6.22. The lowest BCUT2D eigenvalue weighted by Gasteiger charge is -2.13. The van der Waals surface area contributed by atoms with Crippen molar-refractivity contribution in [1.29, 1.82) is 0 Å². The van der Waals surface area contributed by atoms with Crippen molar-refractivity contribution in [2.24, 2.45) is 0 Å². The lowest BCUT2D eigenvalue weighted by Crippen LogP contribution is -2.28. The third-order valence-electron chi connectivity index (χ3n) is 3.35. The normalized spacial score (nSPS) is 10.7. The fraction of sp³-hybridized carbons (Fsp3) is 0.316. The van der Waals surface area contributed by atoms with E-state index in [1.165, 1.54) is 0 Å². The van der Waals surface area contributed by atoms with Crippen LogP contribution in [0.15, 0.2) is 48.5 Å². The Morgan fingerprint density at radius 2 is 1.75 bits per heavy atom. The van der Waals surface area contributed by atoms with Crippen molar-refractivity contribution in [3.8, 4) is 5.75 Å². The molecule has 0 aromatic heterocycles. The predicted octanol–water partition coefficient (Wildman–Crippen LogP) is 3.96. The van der Waals surface area contributed by atoms with Crippen LogP contribution >= 0.6 is 11.6 Å². The van der Waals surface area contributed by atoms with Crippen LogP contribution in [0.5, 0.6) is 5.75 Å². The van der Waals surface area contributed by atoms with E-state index < -0.39 is 0 Å². The molecule has 1 amide bonds. The first-order chi connectivity index (χ1) is 11.5. The highest BCUT2D eigenvalue weighted by Crippen LogP contribution is 2.15. The maximum atomic E-state index is 11.9. The van der Waals surface area contributed by atoms with Gasteiger partial charge in [0.1, 0.15) is 5.75 Å². The van der Waals surface area contributed by atoms with Crippen LogP contribution < -0.4 is 10.1 Å². The molecule has 128 valence electrons. The van der Waals surface area contributed by atoms with E-state index in [1.54, 1.807) is 24.3 Å². The van der Waals surface area contributed by atoms with Crippen LogP contribution in [-0.2, 0) is 22.7 Å². The summed E-state index contributed by atoms with van der Waals surface area (Å²) in [4.78, 5) is 11.9. The second-order valence-electron chi connectivity index (χ2n) is 5.65. The molecule has 0 aliphatic rings. The highest BCUT2D eigenvalue weighted by Gasteiger charge is 2.07. The van der Waals surface area contributed by atoms with Crippen LogP contribution in [0.3, 0.4) is 0 Å². The van der Waals surface area contributed by atoms with Crippen LogP contribution in [0, 0.1) is 0 Å². The summed E-state index contributed by atoms with van der Waals surface area (Å²) in [6.07, 6.45) is 0.167. The highest BCUT2D eigenvalue weighted by atomic mass is 35.5. The van der Waals surface area contributed by atoms with Gasteiger partial charge in [0.25, 0.3) is 5.91 Å². The standard InChI is InChI=1S/C19H22ClNO3/c1-14(2)23-12-16-6-4-3-5-15(16)11-21-19(22)13-24-18-9-7-17(20)8-10-18/h3-10,14H,11-13H2,1-2H3,(H,21,22). The summed E-state index contributed by atoms with van der Waals surface area (Å²) in [5.41, 5.74) is 2.11. The lowest BCUT2D eigenvalue weighted by molar-refractivity contribution is -0.123. The fourth-order valence-electron chi connectivity index (χ4n) is 2.05. The van der Waals surface area contributed by atoms with E-state index in [9.17, 15) is 4.79 Å². The molecular formula is C19H22ClNO3. The van der Waals surface area contributed by atoms with Crippen LogP contribution in [0.2, 0.25) is 5.02 Å². The second kappa shape index (κ2) is 9.30. The molecule has 0 heterocycles. The summed E-state index contributed by atoms with van der Waals surface area (Å²) in [6, 6.07) is 14.8. The molecule has 0 fully saturated rings. The van der Waals surface area contributed by atoms with Gasteiger partial charge in [-0.2, -0.15) is 0 Å². The molecule has 5 heteroatoms. The van der Waals surface area contributed by atoms with Gasteiger partial charge in [-0.05, 0) is 49.2 Å². The van der Waals surface area contributed by atoms with Gasteiger partial charge in [0.15, 0.2) is 6.61 Å². The Kier molecular flexibility index (Phi) is 7.09. The Balaban J connectivity index is 1.82. The van der Waals surface area contributed by atoms with Crippen molar-refractivity contribution in [2.75, 3.05) is 6.61 Å². The molecule has 2 rings (SSSR count). The van der Waals surface area contributed by atoms with Crippen molar-refractivity contribution >= 4 is 17.5 Å². The first kappa shape index (κ1) is 18.3. The zero-order valence-electron chi connectivity index (χ0n) is 13.9. The summed E-state index contributed by atoms with van der Waals surface area (Å²) < 4.78 is 11.1. The molecule has 2 aromatic rings. The molecule has 0 atom stereocenters. The molecule has 0 radical (unpaired) electrons. The summed E-state index contributed by atoms with van der Waals surface area (Å²) in [5.74, 6) is 0.435. The number of nitrogens with one attached hydrogen (secondary N) is 1. The monoisotopic (exact) mass is 347 g/mol. The highest BCUT2D eigenvalue weighted by molar-refractivity contribution is 6.30. The van der Waals surface area contributed by atoms with E-state index in [0.29, 0.717) is 23.9 Å². The molecule has 0 bridgehead atoms. The van der Waals surface area contributed by atoms with Gasteiger partial charge >= 0.3 is 0 Å². The zero-order valence-corrected chi connectivity index (χ0v) is 14.7. The Labute approximate surface area is 147 Å². The van der Waals surface area contributed by atoms with Crippen LogP contribution in [-0.4, -0.2) is 18.6 Å². The summed E-state index contributed by atoms with van der Waals surface area (Å²) >= 11 is 5.81. The number of hydrogen-bond acceptors (Lipinski definition) is 3. The average molecular weight is 348 g/mol. The van der Waals surface area contributed by atoms with Crippen LogP contribution in [0.1, 0.15) is 25.0 Å². The Morgan fingerprint density at radius 1 is 1.08 bits per heavy atom. The average Bonchev–Trinajstić information content (AvgIpc) is 2.58. The number of hydrogen-bond donors (Lipinski definition) is 1. The molecule has 4 nitrogen and oxygen atoms in total. The Hall–Kier alpha value is -2.04. The number of halogens is 1. The molecule has 0 unspecified atom stereocenters. The number of amides is 1. The summed E-state index contributed by atoms with van der Waals surface area (Å²) in [6.45, 7) is 4.94. The molecule has 0 aliphatic carbocycles. The molecule has 0 saturated carbocycles. The van der Waals surface area contributed by atoms with Gasteiger partial charge in [-0.15, -0.1) is 0 Å². The second-order valence-corrected chi connectivity index (χ2v) is 6.08. The van der Waals surface area contributed by atoms with E-state index in [1.807, 2.05) is 38.1 Å². The van der Waals surface area contributed by atoms with E-state index in [0.717, 1.165) is 11.1 Å². The molecule has 0 aliphatic heterocycles. The minimum atomic E-state index is -0.176. The lowest BCUT2D eigenvalue weighted by atomic mass is 10.1. The molecule has 2 aromatic carbocycles. The van der Waals surface area contributed by atoms with Gasteiger partial charge in [0.05, 0.1) is 12.7 Å². The molecular weight excluding hydrogens is 326 g/mol. The van der Waals surface area contributed by atoms with Crippen molar-refractivity contribution in [3.63, 3.8) is 0 Å². The number of benzene rings is 2. The van der Waals surface area contributed by atoms with E-state index >= 15 is 0 Å². The maximum absolute atomic E-state index is 11.9. The summed E-state index contributed by atoms with van der Waals surface area (Å²) in [5, 5.41) is 3.49. The Bertz CT molecular complexity index is 656. The first-order valence-corrected chi connectivity index (χ1v) is 8.26. The molecule has 1 N–H and O–H groups in total. The van der Waals surface area contributed by atoms with E-state index in [4.69, 9.17) is 21.1 Å². The minimum absolute atomic E-state index is 0.0354. The summed E-state index contributed by atoms with van der Waals surface area (Å²) in [7, 11) is 0. The van der Waals surface area contributed by atoms with E-state index in [-0.39, 0.29) is 18.6 Å². The molecule has 24 heavy (non-hydrogen) atoms. The smallest absolute Gasteiger partial charge is 0.258 e. The van der Waals surface area contributed by atoms with E-state index in [2.05, 4.69) is 5.32 Å². The number of ether oxygens (including phenoxy) is 2. The first-order valence-electron chi connectivity index (χ1n) is 7.88. The quantitative estimate of drug-likeness (QED) is 0.786. The van der Waals surface area contributed by atoms with Crippen LogP contribution in [0.25, 0.3) is 0 Å². The predicted molar refractivity (Wildman–Crippen MR) is 95.2 cm³/mol. The van der Waals surface area contributed by atoms with Gasteiger partial charge in [0.2, 0.25) is 0 Å². The topological polar surface area (TPSA) is 47.6 Å². The van der Waals surface area contributed by atoms with Gasteiger partial charge in [0, 0.05) is 11.6 Å². The van der Waals surface area contributed by atoms with Crippen LogP contribution in [0.4, 0.5) is 0 Å². The maximum Gasteiger partial charge on any atom is 0.258 e. The number of carbonyl (C=O) groups excluding carboxylic acids is 1. The Morgan fingerprint density at radius 3 is 2.42 bits per heavy atom. The van der Waals surface area contributed by atoms with Crippen molar-refractivity contribution in [1.82, 2.24) is 5.32 Å². The van der Waals surface area contributed by atoms with Crippen molar-refractivity contribution in [2.45, 2.75) is 33.1 Å². The molecule has 0 saturated heterocycles. The van der Waals surface area contributed by atoms with Crippen molar-refractivity contribution < 1.29 is 14.3 Å². The number of carbonyl (C=O) groups is 1. The third-order valence-corrected chi connectivity index (χ3v) is 3.60. The molecule has 0 spiro atoms. The fourth-order valence-corrected chi connectivity index (χ4v) is 2.18. The number of rotatable bonds is 8.